The van der Waals surface area contributed by atoms with Crippen LogP contribution in [0.15, 0.2) is 0 Å². The van der Waals surface area contributed by atoms with Crippen LogP contribution in [-0.2, 0) is 6.42 Å². The van der Waals surface area contributed by atoms with Crippen molar-refractivity contribution in [2.75, 3.05) is 0 Å². The Labute approximate surface area is 77.7 Å². The van der Waals surface area contributed by atoms with Gasteiger partial charge >= 0.3 is 0 Å². The van der Waals surface area contributed by atoms with Crippen LogP contribution < -0.4 is 0 Å². The lowest BCUT2D eigenvalue weighted by Crippen LogP contribution is -2.07. The van der Waals surface area contributed by atoms with E-state index < -0.39 is 0 Å². The molecule has 0 aliphatic heterocycles. The predicted molar refractivity (Wildman–Crippen MR) is 49.4 cm³/mol. The van der Waals surface area contributed by atoms with Gasteiger partial charge in [0.1, 0.15) is 0 Å². The second kappa shape index (κ2) is 3.90. The Morgan fingerprint density at radius 1 is 1.50 bits per heavy atom. The normalized spacial score (nSPS) is 11.1. The van der Waals surface area contributed by atoms with Crippen molar-refractivity contribution in [1.29, 1.82) is 0 Å². The summed E-state index contributed by atoms with van der Waals surface area (Å²) in [5.41, 5.74) is 1.05. The summed E-state index contributed by atoms with van der Waals surface area (Å²) >= 11 is 5.87. The van der Waals surface area contributed by atoms with E-state index in [2.05, 4.69) is 31.1 Å². The summed E-state index contributed by atoms with van der Waals surface area (Å²) in [6.45, 7) is 6.27. The molecule has 0 unspecified atom stereocenters. The van der Waals surface area contributed by atoms with Gasteiger partial charge in [0.05, 0.1) is 5.69 Å². The van der Waals surface area contributed by atoms with Crippen LogP contribution in [0.2, 0.25) is 5.15 Å². The van der Waals surface area contributed by atoms with Crippen LogP contribution in [0.3, 0.4) is 0 Å². The zero-order chi connectivity index (χ0) is 9.14. The summed E-state index contributed by atoms with van der Waals surface area (Å²) in [5.74, 6) is 0. The summed E-state index contributed by atoms with van der Waals surface area (Å²) in [6.07, 6.45) is 2.02. The minimum Gasteiger partial charge on any atom is -0.245 e. The van der Waals surface area contributed by atoms with Gasteiger partial charge in [-0.05, 0) is 20.3 Å². The zero-order valence-electron chi connectivity index (χ0n) is 7.71. The number of nitrogens with zero attached hydrogens (tertiary/aromatic N) is 3. The van der Waals surface area contributed by atoms with Crippen LogP contribution >= 0.6 is 11.6 Å². The van der Waals surface area contributed by atoms with Crippen molar-refractivity contribution >= 4 is 11.6 Å². The molecule has 0 bridgehead atoms. The molecule has 0 amide bonds. The van der Waals surface area contributed by atoms with Crippen molar-refractivity contribution in [3.8, 4) is 0 Å². The van der Waals surface area contributed by atoms with E-state index in [-0.39, 0.29) is 0 Å². The van der Waals surface area contributed by atoms with E-state index in [1.807, 2.05) is 4.68 Å². The number of halogens is 1. The van der Waals surface area contributed by atoms with E-state index in [0.717, 1.165) is 18.5 Å². The molecule has 0 atom stereocenters. The Morgan fingerprint density at radius 2 is 2.17 bits per heavy atom. The fourth-order valence-electron chi connectivity index (χ4n) is 1.16. The summed E-state index contributed by atoms with van der Waals surface area (Å²) in [4.78, 5) is 0. The molecule has 0 aliphatic carbocycles. The van der Waals surface area contributed by atoms with Crippen LogP contribution in [-0.4, -0.2) is 15.0 Å². The molecule has 0 saturated heterocycles. The second-order valence-corrected chi connectivity index (χ2v) is 3.47. The van der Waals surface area contributed by atoms with Crippen LogP contribution in [0.1, 0.15) is 38.9 Å². The first-order valence-corrected chi connectivity index (χ1v) is 4.64. The molecular formula is C8H14ClN3. The van der Waals surface area contributed by atoms with Crippen LogP contribution in [0.25, 0.3) is 0 Å². The van der Waals surface area contributed by atoms with E-state index in [9.17, 15) is 0 Å². The Kier molecular flexibility index (Phi) is 3.09. The van der Waals surface area contributed by atoms with Crippen LogP contribution in [0.4, 0.5) is 0 Å². The molecule has 12 heavy (non-hydrogen) atoms. The smallest absolute Gasteiger partial charge is 0.174 e. The highest BCUT2D eigenvalue weighted by molar-refractivity contribution is 6.29. The maximum atomic E-state index is 5.87. The largest absolute Gasteiger partial charge is 0.245 e. The Hall–Kier alpha value is -0.570. The molecule has 0 aliphatic rings. The number of rotatable bonds is 3. The number of hydrogen-bond acceptors (Lipinski definition) is 2. The van der Waals surface area contributed by atoms with Gasteiger partial charge in [0.25, 0.3) is 0 Å². The third kappa shape index (κ3) is 1.78. The standard InChI is InChI=1S/C8H14ClN3/c1-4-5-7-8(9)10-11-12(7)6(2)3/h6H,4-5H2,1-3H3. The first kappa shape index (κ1) is 9.52. The van der Waals surface area contributed by atoms with Crippen molar-refractivity contribution in [2.24, 2.45) is 0 Å². The van der Waals surface area contributed by atoms with E-state index in [0.29, 0.717) is 11.2 Å². The molecule has 68 valence electrons. The molecular weight excluding hydrogens is 174 g/mol. The van der Waals surface area contributed by atoms with Gasteiger partial charge in [-0.25, -0.2) is 4.68 Å². The maximum Gasteiger partial charge on any atom is 0.174 e. The summed E-state index contributed by atoms with van der Waals surface area (Å²) < 4.78 is 1.88. The van der Waals surface area contributed by atoms with Crippen molar-refractivity contribution < 1.29 is 0 Å². The highest BCUT2D eigenvalue weighted by Gasteiger charge is 2.11. The van der Waals surface area contributed by atoms with E-state index in [4.69, 9.17) is 11.6 Å². The molecule has 0 spiro atoms. The van der Waals surface area contributed by atoms with Crippen LogP contribution in [0, 0.1) is 0 Å². The lowest BCUT2D eigenvalue weighted by molar-refractivity contribution is 0.492. The van der Waals surface area contributed by atoms with Gasteiger partial charge in [0, 0.05) is 6.04 Å². The predicted octanol–water partition coefficient (Wildman–Crippen LogP) is 2.46. The fraction of sp³-hybridized carbons (Fsp3) is 0.750. The van der Waals surface area contributed by atoms with Gasteiger partial charge in [-0.15, -0.1) is 5.10 Å². The Balaban J connectivity index is 2.95. The average Bonchev–Trinajstić information content (AvgIpc) is 2.34. The molecule has 1 aromatic heterocycles. The fourth-order valence-corrected chi connectivity index (χ4v) is 1.38. The quantitative estimate of drug-likeness (QED) is 0.728. The van der Waals surface area contributed by atoms with Crippen molar-refractivity contribution in [1.82, 2.24) is 15.0 Å². The Morgan fingerprint density at radius 3 is 2.67 bits per heavy atom. The number of hydrogen-bond donors (Lipinski definition) is 0. The molecule has 1 heterocycles. The lowest BCUT2D eigenvalue weighted by Gasteiger charge is -2.08. The Bertz CT molecular complexity index is 255. The highest BCUT2D eigenvalue weighted by atomic mass is 35.5. The van der Waals surface area contributed by atoms with E-state index in [1.165, 1.54) is 0 Å². The van der Waals surface area contributed by atoms with Gasteiger partial charge in [0.2, 0.25) is 0 Å². The summed E-state index contributed by atoms with van der Waals surface area (Å²) in [7, 11) is 0. The van der Waals surface area contributed by atoms with Crippen molar-refractivity contribution in [3.05, 3.63) is 10.8 Å². The molecule has 1 aromatic rings. The minimum absolute atomic E-state index is 0.339. The van der Waals surface area contributed by atoms with Crippen molar-refractivity contribution in [2.45, 2.75) is 39.7 Å². The molecule has 0 N–H and O–H groups in total. The van der Waals surface area contributed by atoms with Gasteiger partial charge in [-0.2, -0.15) is 0 Å². The minimum atomic E-state index is 0.339. The third-order valence-corrected chi connectivity index (χ3v) is 2.01. The lowest BCUT2D eigenvalue weighted by atomic mass is 10.2. The third-order valence-electron chi connectivity index (χ3n) is 1.72. The van der Waals surface area contributed by atoms with Crippen LogP contribution in [0.5, 0.6) is 0 Å². The molecule has 3 nitrogen and oxygen atoms in total. The van der Waals surface area contributed by atoms with E-state index in [1.54, 1.807) is 0 Å². The maximum absolute atomic E-state index is 5.87. The SMILES string of the molecule is CCCc1c(Cl)nnn1C(C)C. The number of aromatic nitrogens is 3. The molecule has 0 saturated carbocycles. The van der Waals surface area contributed by atoms with Gasteiger partial charge in [0.15, 0.2) is 5.15 Å². The molecule has 0 radical (unpaired) electrons. The first-order chi connectivity index (χ1) is 5.66. The topological polar surface area (TPSA) is 30.7 Å². The highest BCUT2D eigenvalue weighted by Crippen LogP contribution is 2.17. The first-order valence-electron chi connectivity index (χ1n) is 4.26. The summed E-state index contributed by atoms with van der Waals surface area (Å²) in [5, 5.41) is 8.35. The van der Waals surface area contributed by atoms with E-state index >= 15 is 0 Å². The van der Waals surface area contributed by atoms with Gasteiger partial charge in [-0.3, -0.25) is 0 Å². The molecule has 1 rings (SSSR count). The molecule has 4 heteroatoms. The molecule has 0 fully saturated rings. The van der Waals surface area contributed by atoms with Crippen molar-refractivity contribution in [3.63, 3.8) is 0 Å². The van der Waals surface area contributed by atoms with Gasteiger partial charge in [-0.1, -0.05) is 30.2 Å². The monoisotopic (exact) mass is 187 g/mol. The molecule has 0 aromatic carbocycles. The van der Waals surface area contributed by atoms with Gasteiger partial charge < -0.3 is 0 Å². The zero-order valence-corrected chi connectivity index (χ0v) is 8.47. The average molecular weight is 188 g/mol. The summed E-state index contributed by atoms with van der Waals surface area (Å²) in [6, 6.07) is 0.339. The second-order valence-electron chi connectivity index (χ2n) is 3.12.